The molecular formula is C17H18K2N2O10. The van der Waals surface area contributed by atoms with Crippen LogP contribution < -0.4 is 108 Å². The summed E-state index contributed by atoms with van der Waals surface area (Å²) in [6.07, 6.45) is -1.24. The number of carbonyl (C=O) groups is 1. The van der Waals surface area contributed by atoms with Crippen LogP contribution in [-0.2, 0) is 14.4 Å². The number of nitrogens with zero attached hydrogens (tertiary/aromatic N) is 2. The van der Waals surface area contributed by atoms with E-state index in [2.05, 4.69) is 4.89 Å². The maximum absolute atomic E-state index is 10.5. The summed E-state index contributed by atoms with van der Waals surface area (Å²) in [5, 5.41) is 47.2. The second kappa shape index (κ2) is 18.3. The number of para-hydroxylation sites is 2. The first kappa shape index (κ1) is 33.0. The van der Waals surface area contributed by atoms with Crippen LogP contribution in [-0.4, -0.2) is 39.7 Å². The van der Waals surface area contributed by atoms with Gasteiger partial charge in [-0.15, -0.1) is 0 Å². The molecule has 0 saturated carbocycles. The van der Waals surface area contributed by atoms with Crippen LogP contribution in [0.2, 0.25) is 0 Å². The Labute approximate surface area is 263 Å². The Bertz CT molecular complexity index is 842. The van der Waals surface area contributed by atoms with Gasteiger partial charge in [-0.3, -0.25) is 25.0 Å². The number of aliphatic hydroxyl groups is 2. The minimum Gasteiger partial charge on any atom is -1.00 e. The van der Waals surface area contributed by atoms with Gasteiger partial charge in [0.25, 0.3) is 17.8 Å². The van der Waals surface area contributed by atoms with Crippen LogP contribution in [0, 0.1) is 20.2 Å². The van der Waals surface area contributed by atoms with E-state index in [1.165, 1.54) is 24.3 Å². The molecule has 0 aromatic heterocycles. The Morgan fingerprint density at radius 2 is 1.55 bits per heavy atom. The molecule has 1 aliphatic rings. The van der Waals surface area contributed by atoms with Crippen molar-refractivity contribution in [2.75, 3.05) is 13.2 Å². The Balaban J connectivity index is -0.000000418. The number of ether oxygens (including phenoxy) is 1. The first-order valence-corrected chi connectivity index (χ1v) is 7.96. The second-order valence-electron chi connectivity index (χ2n) is 5.34. The summed E-state index contributed by atoms with van der Waals surface area (Å²) >= 11 is 0. The molecular weight excluding hydrogens is 470 g/mol. The smallest absolute Gasteiger partial charge is 1.00 e. The molecule has 2 atom stereocenters. The van der Waals surface area contributed by atoms with Crippen LogP contribution in [0.4, 0.5) is 11.4 Å². The fraction of sp³-hybridized carbons (Fsp3) is 0.235. The predicted molar refractivity (Wildman–Crippen MR) is 95.2 cm³/mol. The molecule has 0 radical (unpaired) electrons. The van der Waals surface area contributed by atoms with E-state index in [0.717, 1.165) is 0 Å². The molecule has 0 amide bonds. The van der Waals surface area contributed by atoms with E-state index in [1.807, 2.05) is 0 Å². The zero-order valence-corrected chi connectivity index (χ0v) is 23.1. The maximum atomic E-state index is 10.5. The van der Waals surface area contributed by atoms with Crippen molar-refractivity contribution in [1.82, 2.24) is 0 Å². The van der Waals surface area contributed by atoms with Crippen molar-refractivity contribution in [3.63, 3.8) is 0 Å². The van der Waals surface area contributed by atoms with Crippen molar-refractivity contribution in [2.45, 2.75) is 12.2 Å². The Morgan fingerprint density at radius 3 is 1.97 bits per heavy atom. The topological polar surface area (TPSA) is 189 Å². The van der Waals surface area contributed by atoms with Gasteiger partial charge >= 0.3 is 103 Å². The van der Waals surface area contributed by atoms with Crippen molar-refractivity contribution >= 4 is 17.8 Å². The second-order valence-corrected chi connectivity index (χ2v) is 5.34. The zero-order chi connectivity index (χ0) is 21.8. The fourth-order valence-corrected chi connectivity index (χ4v) is 2.19. The summed E-state index contributed by atoms with van der Waals surface area (Å²) < 4.78 is 4.98. The van der Waals surface area contributed by atoms with Crippen LogP contribution in [0.25, 0.3) is 0 Å². The molecule has 1 fully saturated rings. The van der Waals surface area contributed by atoms with Crippen molar-refractivity contribution in [3.8, 4) is 0 Å². The van der Waals surface area contributed by atoms with Crippen molar-refractivity contribution in [1.29, 1.82) is 0 Å². The summed E-state index contributed by atoms with van der Waals surface area (Å²) in [6.45, 7) is -0.101. The third-order valence-corrected chi connectivity index (χ3v) is 3.52. The van der Waals surface area contributed by atoms with Crippen LogP contribution >= 0.6 is 0 Å². The Hall–Kier alpha value is -0.177. The van der Waals surface area contributed by atoms with Gasteiger partial charge in [-0.25, -0.2) is 0 Å². The van der Waals surface area contributed by atoms with Gasteiger partial charge in [0, 0.05) is 12.1 Å². The van der Waals surface area contributed by atoms with Gasteiger partial charge in [0.2, 0.25) is 0 Å². The fourth-order valence-electron chi connectivity index (χ4n) is 2.19. The SMILES string of the molecule is O=CO[O-].O=[N+]([O-])c1ccccc1C(O)CO.O=[N+]([O-])c1ccccc1C1CO1.[H-].[K+].[K+]. The molecule has 2 unspecified atom stereocenters. The van der Waals surface area contributed by atoms with Crippen molar-refractivity contribution in [2.24, 2.45) is 0 Å². The maximum Gasteiger partial charge on any atom is 1.00 e. The Kier molecular flexibility index (Phi) is 19.4. The molecule has 1 heterocycles. The zero-order valence-electron chi connectivity index (χ0n) is 17.8. The monoisotopic (exact) mass is 488 g/mol. The van der Waals surface area contributed by atoms with E-state index in [-0.39, 0.29) is 139 Å². The van der Waals surface area contributed by atoms with E-state index >= 15 is 0 Å². The number of hydrogen-bond donors (Lipinski definition) is 2. The Morgan fingerprint density at radius 1 is 1.10 bits per heavy atom. The molecule has 3 rings (SSSR count). The standard InChI is InChI=1S/C8H9NO4.C8H7NO3.CH2O3.2K.H/c10-5-8(11)6-3-1-2-4-7(6)9(12)13;10-9(11)7-4-2-1-3-6(7)8-5-12-8;2-1-4-3;;;/h1-4,8,10-11H,5H2;1-4,8H,5H2;1,3H;;;/q;;;2*+1;-1/p-1. The van der Waals surface area contributed by atoms with E-state index in [1.54, 1.807) is 24.3 Å². The van der Waals surface area contributed by atoms with E-state index in [4.69, 9.17) is 19.9 Å². The van der Waals surface area contributed by atoms with Gasteiger partial charge in [-0.1, -0.05) is 24.3 Å². The summed E-state index contributed by atoms with van der Waals surface area (Å²) in [6, 6.07) is 12.4. The number of aliphatic hydroxyl groups excluding tert-OH is 2. The van der Waals surface area contributed by atoms with Gasteiger partial charge in [0.05, 0.1) is 34.2 Å². The number of carbonyl (C=O) groups excluding carboxylic acids is 1. The number of nitro benzene ring substituents is 2. The van der Waals surface area contributed by atoms with Gasteiger partial charge < -0.3 is 26.5 Å². The van der Waals surface area contributed by atoms with Crippen LogP contribution in [0.3, 0.4) is 0 Å². The molecule has 14 heteroatoms. The number of rotatable bonds is 6. The summed E-state index contributed by atoms with van der Waals surface area (Å²) in [4.78, 5) is 31.2. The summed E-state index contributed by atoms with van der Waals surface area (Å²) in [5.41, 5.74) is 0.793. The van der Waals surface area contributed by atoms with Crippen LogP contribution in [0.15, 0.2) is 48.5 Å². The first-order valence-electron chi connectivity index (χ1n) is 7.96. The predicted octanol–water partition coefficient (Wildman–Crippen LogP) is -5.16. The van der Waals surface area contributed by atoms with Gasteiger partial charge in [-0.05, 0) is 12.1 Å². The average molecular weight is 489 g/mol. The molecule has 0 aliphatic carbocycles. The van der Waals surface area contributed by atoms with Crippen LogP contribution in [0.5, 0.6) is 0 Å². The molecule has 1 aliphatic heterocycles. The van der Waals surface area contributed by atoms with Gasteiger partial charge in [0.15, 0.2) is 0 Å². The van der Waals surface area contributed by atoms with Gasteiger partial charge in [-0.2, -0.15) is 0 Å². The third-order valence-electron chi connectivity index (χ3n) is 3.52. The summed E-state index contributed by atoms with van der Waals surface area (Å²) in [5.74, 6) is 0. The number of epoxide rings is 1. The summed E-state index contributed by atoms with van der Waals surface area (Å²) in [7, 11) is 0. The minimum absolute atomic E-state index is 0. The largest absolute Gasteiger partial charge is 1.00 e. The minimum atomic E-state index is -1.19. The molecule has 31 heavy (non-hydrogen) atoms. The molecule has 2 aromatic carbocycles. The number of nitro groups is 2. The molecule has 1 saturated heterocycles. The number of hydrogen-bond acceptors (Lipinski definition) is 10. The normalized spacial score (nSPS) is 13.8. The molecule has 0 spiro atoms. The average Bonchev–Trinajstić information content (AvgIpc) is 3.59. The van der Waals surface area contributed by atoms with E-state index in [0.29, 0.717) is 12.2 Å². The van der Waals surface area contributed by atoms with Crippen molar-refractivity contribution < 1.29 is 144 Å². The first-order chi connectivity index (χ1) is 13.9. The molecule has 0 bridgehead atoms. The van der Waals surface area contributed by atoms with Crippen LogP contribution in [0.1, 0.15) is 24.8 Å². The quantitative estimate of drug-likeness (QED) is 0.0993. The van der Waals surface area contributed by atoms with Gasteiger partial charge in [0.1, 0.15) is 12.2 Å². The van der Waals surface area contributed by atoms with E-state index in [9.17, 15) is 25.3 Å². The molecule has 12 nitrogen and oxygen atoms in total. The molecule has 158 valence electrons. The van der Waals surface area contributed by atoms with E-state index < -0.39 is 17.6 Å². The number of benzene rings is 2. The third kappa shape index (κ3) is 12.0. The molecule has 2 N–H and O–H groups in total. The molecule has 2 aromatic rings. The van der Waals surface area contributed by atoms with Crippen molar-refractivity contribution in [3.05, 3.63) is 79.9 Å².